The normalized spacial score (nSPS) is 17.0. The van der Waals surface area contributed by atoms with Crippen molar-refractivity contribution >= 4 is 17.3 Å². The number of hydrogen-bond donors (Lipinski definition) is 0. The van der Waals surface area contributed by atoms with Crippen molar-refractivity contribution < 1.29 is 9.53 Å². The molecule has 0 spiro atoms. The van der Waals surface area contributed by atoms with Gasteiger partial charge in [-0.2, -0.15) is 0 Å². The number of morpholine rings is 1. The summed E-state index contributed by atoms with van der Waals surface area (Å²) in [5.74, 6) is 0.180. The topological polar surface area (TPSA) is 32.8 Å². The van der Waals surface area contributed by atoms with Crippen LogP contribution in [0.2, 0.25) is 0 Å². The Bertz CT molecular complexity index is 724. The maximum absolute atomic E-state index is 12.7. The van der Waals surface area contributed by atoms with E-state index in [-0.39, 0.29) is 5.91 Å². The van der Waals surface area contributed by atoms with Gasteiger partial charge in [-0.15, -0.1) is 0 Å². The summed E-state index contributed by atoms with van der Waals surface area (Å²) in [4.78, 5) is 17.0. The van der Waals surface area contributed by atoms with Gasteiger partial charge in [0.1, 0.15) is 0 Å². The lowest BCUT2D eigenvalue weighted by Gasteiger charge is -2.29. The first-order valence-electron chi connectivity index (χ1n) is 8.61. The number of anilines is 2. The fourth-order valence-corrected chi connectivity index (χ4v) is 3.53. The van der Waals surface area contributed by atoms with E-state index in [0.717, 1.165) is 50.5 Å². The molecular weight excluding hydrogens is 300 g/mol. The number of nitrogens with zero attached hydrogens (tertiary/aromatic N) is 2. The van der Waals surface area contributed by atoms with Gasteiger partial charge >= 0.3 is 0 Å². The summed E-state index contributed by atoms with van der Waals surface area (Å²) in [6.07, 6.45) is 1.40. The molecule has 0 unspecified atom stereocenters. The van der Waals surface area contributed by atoms with Crippen LogP contribution in [-0.2, 0) is 22.4 Å². The van der Waals surface area contributed by atoms with Crippen molar-refractivity contribution in [2.75, 3.05) is 42.6 Å². The molecule has 0 bridgehead atoms. The third-order valence-corrected chi connectivity index (χ3v) is 4.83. The molecule has 1 fully saturated rings. The van der Waals surface area contributed by atoms with Gasteiger partial charge in [-0.05, 0) is 35.7 Å². The Balaban J connectivity index is 1.50. The van der Waals surface area contributed by atoms with Crippen LogP contribution in [0.4, 0.5) is 11.4 Å². The fourth-order valence-electron chi connectivity index (χ4n) is 3.53. The van der Waals surface area contributed by atoms with Crippen LogP contribution in [0.25, 0.3) is 0 Å². The van der Waals surface area contributed by atoms with Gasteiger partial charge in [-0.1, -0.05) is 30.3 Å². The smallest absolute Gasteiger partial charge is 0.231 e. The number of carbonyl (C=O) groups is 1. The van der Waals surface area contributed by atoms with E-state index < -0.39 is 0 Å². The van der Waals surface area contributed by atoms with Gasteiger partial charge < -0.3 is 14.5 Å². The molecule has 0 radical (unpaired) electrons. The van der Waals surface area contributed by atoms with Crippen molar-refractivity contribution in [3.63, 3.8) is 0 Å². The zero-order chi connectivity index (χ0) is 16.4. The number of rotatable bonds is 3. The summed E-state index contributed by atoms with van der Waals surface area (Å²) < 4.78 is 5.42. The molecule has 0 atom stereocenters. The summed E-state index contributed by atoms with van der Waals surface area (Å²) in [6.45, 7) is 4.25. The van der Waals surface area contributed by atoms with Crippen LogP contribution in [0.1, 0.15) is 11.1 Å². The number of hydrogen-bond acceptors (Lipinski definition) is 3. The first-order valence-corrected chi connectivity index (χ1v) is 8.61. The number of carbonyl (C=O) groups excluding carboxylic acids is 1. The zero-order valence-corrected chi connectivity index (χ0v) is 13.8. The molecule has 24 heavy (non-hydrogen) atoms. The van der Waals surface area contributed by atoms with Crippen LogP contribution in [0, 0.1) is 0 Å². The van der Waals surface area contributed by atoms with Crippen molar-refractivity contribution in [3.05, 3.63) is 59.7 Å². The van der Waals surface area contributed by atoms with Crippen LogP contribution >= 0.6 is 0 Å². The highest BCUT2D eigenvalue weighted by molar-refractivity contribution is 5.97. The monoisotopic (exact) mass is 322 g/mol. The Morgan fingerprint density at radius 1 is 1.00 bits per heavy atom. The molecule has 0 N–H and O–H groups in total. The molecule has 0 saturated carbocycles. The van der Waals surface area contributed by atoms with Gasteiger partial charge in [-0.3, -0.25) is 4.79 Å². The number of fused-ring (bicyclic) bond motifs is 1. The van der Waals surface area contributed by atoms with E-state index in [9.17, 15) is 4.79 Å². The standard InChI is InChI=1S/C20H22N2O2/c23-20(14-16-4-2-1-3-5-16)22-9-8-17-15-18(6-7-19(17)22)21-10-12-24-13-11-21/h1-7,15H,8-14H2. The fraction of sp³-hybridized carbons (Fsp3) is 0.350. The lowest BCUT2D eigenvalue weighted by Crippen LogP contribution is -2.36. The van der Waals surface area contributed by atoms with Crippen molar-refractivity contribution in [1.82, 2.24) is 0 Å². The van der Waals surface area contributed by atoms with Crippen LogP contribution in [0.15, 0.2) is 48.5 Å². The second kappa shape index (κ2) is 6.65. The molecule has 1 amide bonds. The predicted molar refractivity (Wildman–Crippen MR) is 95.7 cm³/mol. The van der Waals surface area contributed by atoms with Crippen molar-refractivity contribution in [2.45, 2.75) is 12.8 Å². The highest BCUT2D eigenvalue weighted by Crippen LogP contribution is 2.32. The molecule has 2 aliphatic rings. The SMILES string of the molecule is O=C(Cc1ccccc1)N1CCc2cc(N3CCOCC3)ccc21. The molecule has 0 aliphatic carbocycles. The summed E-state index contributed by atoms with van der Waals surface area (Å²) in [5, 5.41) is 0. The van der Waals surface area contributed by atoms with E-state index in [1.165, 1.54) is 11.3 Å². The number of benzene rings is 2. The molecule has 1 saturated heterocycles. The molecule has 2 aromatic rings. The highest BCUT2D eigenvalue weighted by atomic mass is 16.5. The Kier molecular flexibility index (Phi) is 4.22. The quantitative estimate of drug-likeness (QED) is 0.871. The van der Waals surface area contributed by atoms with E-state index in [4.69, 9.17) is 4.74 Å². The van der Waals surface area contributed by atoms with E-state index in [2.05, 4.69) is 23.1 Å². The molecule has 2 aliphatic heterocycles. The minimum Gasteiger partial charge on any atom is -0.378 e. The van der Waals surface area contributed by atoms with Crippen molar-refractivity contribution in [1.29, 1.82) is 0 Å². The molecule has 0 aromatic heterocycles. The maximum atomic E-state index is 12.7. The van der Waals surface area contributed by atoms with Crippen LogP contribution in [-0.4, -0.2) is 38.8 Å². The van der Waals surface area contributed by atoms with Crippen LogP contribution in [0.5, 0.6) is 0 Å². The summed E-state index contributed by atoms with van der Waals surface area (Å²) >= 11 is 0. The summed E-state index contributed by atoms with van der Waals surface area (Å²) in [6, 6.07) is 16.5. The predicted octanol–water partition coefficient (Wildman–Crippen LogP) is 2.66. The van der Waals surface area contributed by atoms with Crippen LogP contribution in [0.3, 0.4) is 0 Å². The summed E-state index contributed by atoms with van der Waals surface area (Å²) in [7, 11) is 0. The van der Waals surface area contributed by atoms with Crippen LogP contribution < -0.4 is 9.80 Å². The second-order valence-electron chi connectivity index (χ2n) is 6.37. The summed E-state index contributed by atoms with van der Waals surface area (Å²) in [5.41, 5.74) is 4.67. The number of ether oxygens (including phenoxy) is 1. The van der Waals surface area contributed by atoms with Crippen molar-refractivity contribution in [2.24, 2.45) is 0 Å². The molecule has 2 heterocycles. The number of amides is 1. The Hall–Kier alpha value is -2.33. The molecular formula is C20H22N2O2. The molecule has 4 rings (SSSR count). The minimum absolute atomic E-state index is 0.180. The van der Waals surface area contributed by atoms with Gasteiger partial charge in [0.25, 0.3) is 0 Å². The Labute approximate surface area is 142 Å². The van der Waals surface area contributed by atoms with Gasteiger partial charge in [0.2, 0.25) is 5.91 Å². The molecule has 4 heteroatoms. The third kappa shape index (κ3) is 3.02. The lowest BCUT2D eigenvalue weighted by atomic mass is 10.1. The first kappa shape index (κ1) is 15.2. The Morgan fingerprint density at radius 3 is 2.58 bits per heavy atom. The second-order valence-corrected chi connectivity index (χ2v) is 6.37. The highest BCUT2D eigenvalue weighted by Gasteiger charge is 2.25. The Morgan fingerprint density at radius 2 is 1.79 bits per heavy atom. The third-order valence-electron chi connectivity index (χ3n) is 4.83. The average Bonchev–Trinajstić information content (AvgIpc) is 3.06. The first-order chi connectivity index (χ1) is 11.8. The minimum atomic E-state index is 0.180. The molecule has 4 nitrogen and oxygen atoms in total. The molecule has 124 valence electrons. The maximum Gasteiger partial charge on any atom is 0.231 e. The lowest BCUT2D eigenvalue weighted by molar-refractivity contribution is -0.117. The van der Waals surface area contributed by atoms with E-state index in [0.29, 0.717) is 6.42 Å². The van der Waals surface area contributed by atoms with E-state index in [1.54, 1.807) is 0 Å². The largest absolute Gasteiger partial charge is 0.378 e. The van der Waals surface area contributed by atoms with Gasteiger partial charge in [0, 0.05) is 31.0 Å². The zero-order valence-electron chi connectivity index (χ0n) is 13.8. The van der Waals surface area contributed by atoms with E-state index >= 15 is 0 Å². The van der Waals surface area contributed by atoms with E-state index in [1.807, 2.05) is 35.2 Å². The van der Waals surface area contributed by atoms with Gasteiger partial charge in [0.05, 0.1) is 19.6 Å². The average molecular weight is 322 g/mol. The molecule has 2 aromatic carbocycles. The van der Waals surface area contributed by atoms with Gasteiger partial charge in [-0.25, -0.2) is 0 Å². The van der Waals surface area contributed by atoms with Crippen molar-refractivity contribution in [3.8, 4) is 0 Å². The van der Waals surface area contributed by atoms with Gasteiger partial charge in [0.15, 0.2) is 0 Å².